The topological polar surface area (TPSA) is 46.7 Å². The molecule has 0 fully saturated rings. The van der Waals surface area contributed by atoms with Gasteiger partial charge in [0.05, 0.1) is 0 Å². The van der Waals surface area contributed by atoms with E-state index in [1.807, 2.05) is 66.9 Å². The number of aromatic nitrogens is 2. The first kappa shape index (κ1) is 30.2. The second-order valence-electron chi connectivity index (χ2n) is 12.2. The van der Waals surface area contributed by atoms with Crippen LogP contribution in [-0.2, 0) is 21.1 Å². The number of para-hydroxylation sites is 2. The number of pyridine rings is 1. The van der Waals surface area contributed by atoms with E-state index in [2.05, 4.69) is 113 Å². The zero-order chi connectivity index (χ0) is 32.5. The minimum absolute atomic E-state index is 0. The Bertz CT molecular complexity index is 2720. The third-order valence-electron chi connectivity index (χ3n) is 9.28. The molecule has 0 saturated heterocycles. The SMILES string of the molecule is CN1[CH-]N(c2[c-]c(Oc3[c-]c4c(cc3)c3ccccc3n4-c3cc4oc5ccccc5c4cn3)ccc2)c2ccc(-c3ccccc3)cc21.[Pt]. The van der Waals surface area contributed by atoms with Crippen LogP contribution in [0.15, 0.2) is 144 Å². The third kappa shape index (κ3) is 4.87. The zero-order valence-electron chi connectivity index (χ0n) is 26.8. The van der Waals surface area contributed by atoms with Gasteiger partial charge in [-0.1, -0.05) is 78.3 Å². The Balaban J connectivity index is 0.00000336. The van der Waals surface area contributed by atoms with Crippen molar-refractivity contribution >= 4 is 60.8 Å². The van der Waals surface area contributed by atoms with E-state index in [4.69, 9.17) is 14.1 Å². The van der Waals surface area contributed by atoms with Gasteiger partial charge in [-0.25, -0.2) is 4.98 Å². The molecular weight excluding hydrogens is 800 g/mol. The van der Waals surface area contributed by atoms with E-state index in [9.17, 15) is 0 Å². The van der Waals surface area contributed by atoms with Crippen molar-refractivity contribution in [2.75, 3.05) is 16.8 Å². The second-order valence-corrected chi connectivity index (χ2v) is 12.2. The van der Waals surface area contributed by atoms with Crippen LogP contribution in [0, 0.1) is 18.8 Å². The van der Waals surface area contributed by atoms with Crippen LogP contribution in [0.4, 0.5) is 17.1 Å². The van der Waals surface area contributed by atoms with Crippen LogP contribution in [0.5, 0.6) is 11.5 Å². The summed E-state index contributed by atoms with van der Waals surface area (Å²) in [6.07, 6.45) is 1.89. The summed E-state index contributed by atoms with van der Waals surface area (Å²) in [6.45, 7) is 2.08. The van der Waals surface area contributed by atoms with Gasteiger partial charge in [-0.05, 0) is 47.8 Å². The van der Waals surface area contributed by atoms with E-state index in [0.29, 0.717) is 11.5 Å². The smallest absolute Gasteiger partial charge is 0.140 e. The molecule has 50 heavy (non-hydrogen) atoms. The molecule has 1 aliphatic rings. The molecule has 4 heterocycles. The number of hydrogen-bond acceptors (Lipinski definition) is 5. The first-order chi connectivity index (χ1) is 24.2. The number of benzene rings is 6. The Morgan fingerprint density at radius 1 is 0.640 bits per heavy atom. The quantitative estimate of drug-likeness (QED) is 0.162. The van der Waals surface area contributed by atoms with Gasteiger partial charge in [0, 0.05) is 72.5 Å². The first-order valence-electron chi connectivity index (χ1n) is 16.2. The summed E-state index contributed by atoms with van der Waals surface area (Å²) in [4.78, 5) is 9.19. The fourth-order valence-electron chi connectivity index (χ4n) is 6.97. The van der Waals surface area contributed by atoms with Gasteiger partial charge in [0.15, 0.2) is 0 Å². The molecule has 0 unspecified atom stereocenters. The van der Waals surface area contributed by atoms with Crippen LogP contribution in [0.25, 0.3) is 60.7 Å². The summed E-state index contributed by atoms with van der Waals surface area (Å²) in [5.74, 6) is 1.94. The Morgan fingerprint density at radius 2 is 1.44 bits per heavy atom. The number of ether oxygens (including phenoxy) is 1. The molecule has 6 nitrogen and oxygen atoms in total. The average molecular weight is 827 g/mol. The van der Waals surface area contributed by atoms with Crippen molar-refractivity contribution in [1.82, 2.24) is 9.55 Å². The molecule has 0 aliphatic carbocycles. The van der Waals surface area contributed by atoms with E-state index in [1.165, 1.54) is 11.1 Å². The van der Waals surface area contributed by atoms with E-state index < -0.39 is 0 Å². The van der Waals surface area contributed by atoms with Crippen molar-refractivity contribution in [1.29, 1.82) is 0 Å². The monoisotopic (exact) mass is 826 g/mol. The van der Waals surface area contributed by atoms with Crippen LogP contribution in [-0.4, -0.2) is 16.6 Å². The van der Waals surface area contributed by atoms with Crippen molar-refractivity contribution in [3.63, 3.8) is 0 Å². The van der Waals surface area contributed by atoms with Gasteiger partial charge in [-0.3, -0.25) is 0 Å². The minimum atomic E-state index is 0. The van der Waals surface area contributed by atoms with Crippen LogP contribution < -0.4 is 14.5 Å². The largest absolute Gasteiger partial charge is 0.509 e. The van der Waals surface area contributed by atoms with Gasteiger partial charge in [0.2, 0.25) is 0 Å². The Kier molecular flexibility index (Phi) is 7.22. The summed E-state index contributed by atoms with van der Waals surface area (Å²) in [7, 11) is 2.07. The molecule has 0 bridgehead atoms. The number of nitrogens with zero attached hydrogens (tertiary/aromatic N) is 4. The molecule has 10 rings (SSSR count). The number of anilines is 3. The molecule has 9 aromatic rings. The zero-order valence-corrected chi connectivity index (χ0v) is 29.1. The number of hydrogen-bond donors (Lipinski definition) is 0. The van der Waals surface area contributed by atoms with Crippen molar-refractivity contribution in [2.45, 2.75) is 0 Å². The summed E-state index contributed by atoms with van der Waals surface area (Å²) >= 11 is 0. The molecule has 0 amide bonds. The van der Waals surface area contributed by atoms with E-state index in [1.54, 1.807) is 0 Å². The number of fused-ring (bicyclic) bond motifs is 7. The van der Waals surface area contributed by atoms with Gasteiger partial charge in [-0.15, -0.1) is 41.4 Å². The second kappa shape index (κ2) is 11.9. The average Bonchev–Trinajstić information content (AvgIpc) is 3.80. The van der Waals surface area contributed by atoms with Gasteiger partial charge < -0.3 is 23.5 Å². The molecule has 0 saturated carbocycles. The maximum atomic E-state index is 6.46. The Morgan fingerprint density at radius 3 is 2.34 bits per heavy atom. The standard InChI is InChI=1S/C43H27N4O2.Pt/c1-45-27-46(38-21-18-29(22-40(38)45)28-10-3-2-4-11-28)30-12-9-13-31(23-30)48-32-19-20-34-33-14-5-7-16-37(33)47(39(34)24-32)43-25-42-36(26-44-43)35-15-6-8-17-41(35)49-42;/h2-22,25-27H,1H3;/q-3;. The predicted octanol–water partition coefficient (Wildman–Crippen LogP) is 10.8. The van der Waals surface area contributed by atoms with E-state index >= 15 is 0 Å². The summed E-state index contributed by atoms with van der Waals surface area (Å²) in [6, 6.07) is 52.5. The molecule has 1 aliphatic heterocycles. The normalized spacial score (nSPS) is 12.6. The van der Waals surface area contributed by atoms with Crippen molar-refractivity contribution in [2.24, 2.45) is 0 Å². The Hall–Kier alpha value is -5.84. The van der Waals surface area contributed by atoms with Crippen LogP contribution in [0.3, 0.4) is 0 Å². The van der Waals surface area contributed by atoms with Gasteiger partial charge >= 0.3 is 0 Å². The van der Waals surface area contributed by atoms with E-state index in [0.717, 1.165) is 66.6 Å². The minimum Gasteiger partial charge on any atom is -0.509 e. The summed E-state index contributed by atoms with van der Waals surface area (Å²) in [5.41, 5.74) is 9.01. The van der Waals surface area contributed by atoms with Gasteiger partial charge in [0.1, 0.15) is 17.0 Å². The molecule has 0 spiro atoms. The third-order valence-corrected chi connectivity index (χ3v) is 9.28. The maximum absolute atomic E-state index is 6.46. The fourth-order valence-corrected chi connectivity index (χ4v) is 6.97. The Labute approximate surface area is 303 Å². The van der Waals surface area contributed by atoms with Crippen molar-refractivity contribution in [3.8, 4) is 28.4 Å². The van der Waals surface area contributed by atoms with Crippen LogP contribution >= 0.6 is 0 Å². The predicted molar refractivity (Wildman–Crippen MR) is 197 cm³/mol. The first-order valence-corrected chi connectivity index (χ1v) is 16.2. The van der Waals surface area contributed by atoms with E-state index in [-0.39, 0.29) is 21.1 Å². The molecule has 0 atom stereocenters. The molecule has 244 valence electrons. The van der Waals surface area contributed by atoms with Crippen LogP contribution in [0.1, 0.15) is 0 Å². The molecule has 3 aromatic heterocycles. The fraction of sp³-hybridized carbons (Fsp3) is 0.0233. The summed E-state index contributed by atoms with van der Waals surface area (Å²) in [5, 5.41) is 4.22. The van der Waals surface area contributed by atoms with Gasteiger partial charge in [-0.2, -0.15) is 18.8 Å². The number of furan rings is 1. The molecule has 0 N–H and O–H groups in total. The van der Waals surface area contributed by atoms with Gasteiger partial charge in [0.25, 0.3) is 0 Å². The molecule has 0 radical (unpaired) electrons. The van der Waals surface area contributed by atoms with Crippen LogP contribution in [0.2, 0.25) is 0 Å². The molecule has 7 heteroatoms. The molecular formula is C43H27N4O2Pt-3. The summed E-state index contributed by atoms with van der Waals surface area (Å²) < 4.78 is 14.8. The van der Waals surface area contributed by atoms with Crippen molar-refractivity contribution in [3.05, 3.63) is 158 Å². The number of rotatable bonds is 5. The van der Waals surface area contributed by atoms with Crippen molar-refractivity contribution < 1.29 is 30.2 Å². The maximum Gasteiger partial charge on any atom is 0.140 e. The molecule has 6 aromatic carbocycles.